The van der Waals surface area contributed by atoms with Crippen LogP contribution in [0.25, 0.3) is 0 Å². The largest absolute Gasteiger partial charge is 0.367 e. The second-order valence-electron chi connectivity index (χ2n) is 5.80. The van der Waals surface area contributed by atoms with Crippen molar-refractivity contribution in [3.8, 4) is 0 Å². The molecule has 3 atom stereocenters. The molecule has 0 aromatic rings. The van der Waals surface area contributed by atoms with Crippen molar-refractivity contribution in [2.75, 3.05) is 6.54 Å². The lowest BCUT2D eigenvalue weighted by molar-refractivity contribution is -0.209. The Balaban J connectivity index is 1.95. The lowest BCUT2D eigenvalue weighted by atomic mass is 9.98. The molecule has 2 bridgehead atoms. The minimum atomic E-state index is -0.439. The molecule has 0 radical (unpaired) electrons. The molecule has 1 aliphatic heterocycles. The van der Waals surface area contributed by atoms with Crippen LogP contribution in [0.2, 0.25) is 0 Å². The first-order valence-electron chi connectivity index (χ1n) is 5.62. The zero-order valence-corrected chi connectivity index (χ0v) is 9.69. The first-order chi connectivity index (χ1) is 6.88. The Bertz CT molecular complexity index is 272. The molecule has 2 fully saturated rings. The molecular weight excluding hydrogens is 192 g/mol. The molecule has 15 heavy (non-hydrogen) atoms. The van der Waals surface area contributed by atoms with Gasteiger partial charge in [-0.05, 0) is 39.5 Å². The van der Waals surface area contributed by atoms with Gasteiger partial charge >= 0.3 is 5.97 Å². The molecule has 0 spiro atoms. The molecule has 4 heteroatoms. The maximum Gasteiger partial charge on any atom is 0.330 e. The van der Waals surface area contributed by atoms with Crippen LogP contribution in [0.15, 0.2) is 0 Å². The first kappa shape index (κ1) is 10.9. The molecule has 0 aromatic carbocycles. The van der Waals surface area contributed by atoms with Crippen molar-refractivity contribution in [3.63, 3.8) is 0 Å². The highest BCUT2D eigenvalue weighted by Gasteiger charge is 2.46. The third-order valence-corrected chi connectivity index (χ3v) is 3.30. The van der Waals surface area contributed by atoms with Crippen LogP contribution in [-0.2, 0) is 9.63 Å². The van der Waals surface area contributed by atoms with Gasteiger partial charge < -0.3 is 10.6 Å². The highest BCUT2D eigenvalue weighted by atomic mass is 16.7. The Morgan fingerprint density at radius 3 is 2.53 bits per heavy atom. The van der Waals surface area contributed by atoms with Crippen molar-refractivity contribution in [2.45, 2.75) is 45.7 Å². The quantitative estimate of drug-likeness (QED) is 0.702. The topological polar surface area (TPSA) is 55.6 Å². The zero-order valence-electron chi connectivity index (χ0n) is 9.69. The normalized spacial score (nSPS) is 35.9. The highest BCUT2D eigenvalue weighted by Crippen LogP contribution is 2.37. The predicted molar refractivity (Wildman–Crippen MR) is 56.7 cm³/mol. The van der Waals surface area contributed by atoms with Crippen molar-refractivity contribution in [1.29, 1.82) is 0 Å². The molecule has 1 saturated carbocycles. The first-order valence-corrected chi connectivity index (χ1v) is 5.62. The fourth-order valence-corrected chi connectivity index (χ4v) is 2.37. The number of carbonyl (C=O) groups excluding carboxylic acids is 1. The maximum absolute atomic E-state index is 11.7. The SMILES string of the molecule is CC(C)(C)C(=O)ON1CC2CC(N)C1C2. The van der Waals surface area contributed by atoms with Crippen LogP contribution in [0.1, 0.15) is 33.6 Å². The lowest BCUT2D eigenvalue weighted by Gasteiger charge is -2.31. The Morgan fingerprint density at radius 1 is 1.40 bits per heavy atom. The van der Waals surface area contributed by atoms with Crippen molar-refractivity contribution in [3.05, 3.63) is 0 Å². The van der Waals surface area contributed by atoms with E-state index in [0.717, 1.165) is 19.4 Å². The molecule has 2 aliphatic rings. The van der Waals surface area contributed by atoms with Crippen LogP contribution >= 0.6 is 0 Å². The van der Waals surface area contributed by atoms with E-state index < -0.39 is 5.41 Å². The Labute approximate surface area is 90.7 Å². The van der Waals surface area contributed by atoms with Gasteiger partial charge in [0.2, 0.25) is 0 Å². The second kappa shape index (κ2) is 3.46. The van der Waals surface area contributed by atoms with Crippen LogP contribution < -0.4 is 5.73 Å². The fourth-order valence-electron chi connectivity index (χ4n) is 2.37. The summed E-state index contributed by atoms with van der Waals surface area (Å²) >= 11 is 0. The van der Waals surface area contributed by atoms with Gasteiger partial charge in [-0.25, -0.2) is 4.79 Å². The second-order valence-corrected chi connectivity index (χ2v) is 5.80. The number of hydrogen-bond acceptors (Lipinski definition) is 4. The summed E-state index contributed by atoms with van der Waals surface area (Å²) in [4.78, 5) is 17.1. The minimum absolute atomic E-state index is 0.165. The Kier molecular flexibility index (Phi) is 2.51. The third-order valence-electron chi connectivity index (χ3n) is 3.30. The van der Waals surface area contributed by atoms with Crippen molar-refractivity contribution >= 4 is 5.97 Å². The number of hydrogen-bond donors (Lipinski definition) is 1. The summed E-state index contributed by atoms with van der Waals surface area (Å²) in [5.74, 6) is 0.458. The van der Waals surface area contributed by atoms with E-state index in [9.17, 15) is 4.79 Å². The fraction of sp³-hybridized carbons (Fsp3) is 0.909. The Hall–Kier alpha value is -0.610. The molecule has 86 valence electrons. The average Bonchev–Trinajstić information content (AvgIpc) is 2.60. The van der Waals surface area contributed by atoms with Crippen molar-refractivity contribution < 1.29 is 9.63 Å². The summed E-state index contributed by atoms with van der Waals surface area (Å²) in [6.45, 7) is 6.46. The number of piperidine rings is 1. The van der Waals surface area contributed by atoms with Crippen LogP contribution in [0.3, 0.4) is 0 Å². The van der Waals surface area contributed by atoms with Gasteiger partial charge in [0.15, 0.2) is 0 Å². The van der Waals surface area contributed by atoms with Gasteiger partial charge in [0, 0.05) is 12.6 Å². The number of carbonyl (C=O) groups is 1. The van der Waals surface area contributed by atoms with E-state index in [1.54, 1.807) is 5.06 Å². The zero-order chi connectivity index (χ0) is 11.2. The van der Waals surface area contributed by atoms with E-state index in [1.165, 1.54) is 0 Å². The van der Waals surface area contributed by atoms with E-state index in [2.05, 4.69) is 0 Å². The van der Waals surface area contributed by atoms with E-state index >= 15 is 0 Å². The maximum atomic E-state index is 11.7. The van der Waals surface area contributed by atoms with Crippen LogP contribution in [0.4, 0.5) is 0 Å². The summed E-state index contributed by atoms with van der Waals surface area (Å²) in [6.07, 6.45) is 2.16. The smallest absolute Gasteiger partial charge is 0.330 e. The van der Waals surface area contributed by atoms with Crippen LogP contribution in [-0.4, -0.2) is 29.7 Å². The van der Waals surface area contributed by atoms with E-state index in [4.69, 9.17) is 10.6 Å². The molecule has 3 unspecified atom stereocenters. The third kappa shape index (κ3) is 2.01. The van der Waals surface area contributed by atoms with Crippen LogP contribution in [0.5, 0.6) is 0 Å². The molecule has 1 saturated heterocycles. The van der Waals surface area contributed by atoms with E-state index in [1.807, 2.05) is 20.8 Å². The summed E-state index contributed by atoms with van der Waals surface area (Å²) in [7, 11) is 0. The van der Waals surface area contributed by atoms with Crippen LogP contribution in [0, 0.1) is 11.3 Å². The molecule has 4 nitrogen and oxygen atoms in total. The monoisotopic (exact) mass is 212 g/mol. The predicted octanol–water partition coefficient (Wildman–Crippen LogP) is 0.912. The molecule has 0 amide bonds. The number of nitrogens with two attached hydrogens (primary N) is 1. The van der Waals surface area contributed by atoms with E-state index in [0.29, 0.717) is 5.92 Å². The molecule has 1 heterocycles. The highest BCUT2D eigenvalue weighted by molar-refractivity contribution is 5.75. The van der Waals surface area contributed by atoms with Gasteiger partial charge in [-0.15, -0.1) is 5.06 Å². The number of nitrogens with zero attached hydrogens (tertiary/aromatic N) is 1. The van der Waals surface area contributed by atoms with Crippen molar-refractivity contribution in [1.82, 2.24) is 5.06 Å². The van der Waals surface area contributed by atoms with Gasteiger partial charge in [0.05, 0.1) is 11.5 Å². The molecule has 2 N–H and O–H groups in total. The van der Waals surface area contributed by atoms with Crippen molar-refractivity contribution in [2.24, 2.45) is 17.1 Å². The summed E-state index contributed by atoms with van der Waals surface area (Å²) in [6, 6.07) is 0.429. The van der Waals surface area contributed by atoms with Gasteiger partial charge in [-0.2, -0.15) is 0 Å². The average molecular weight is 212 g/mol. The summed E-state index contributed by atoms with van der Waals surface area (Å²) < 4.78 is 0. The van der Waals surface area contributed by atoms with Gasteiger partial charge in [-0.1, -0.05) is 0 Å². The van der Waals surface area contributed by atoms with E-state index in [-0.39, 0.29) is 18.1 Å². The standard InChI is InChI=1S/C11H20N2O2/c1-11(2,3)10(14)15-13-6-7-4-8(12)9(13)5-7/h7-9H,4-6,12H2,1-3H3. The summed E-state index contributed by atoms with van der Waals surface area (Å²) in [5, 5.41) is 1.80. The van der Waals surface area contributed by atoms with Gasteiger partial charge in [0.25, 0.3) is 0 Å². The van der Waals surface area contributed by atoms with Gasteiger partial charge in [-0.3, -0.25) is 0 Å². The minimum Gasteiger partial charge on any atom is -0.367 e. The van der Waals surface area contributed by atoms with Gasteiger partial charge in [0.1, 0.15) is 0 Å². The summed E-state index contributed by atoms with van der Waals surface area (Å²) in [5.41, 5.74) is 5.52. The molecule has 1 aliphatic carbocycles. The molecular formula is C11H20N2O2. The number of fused-ring (bicyclic) bond motifs is 2. The Morgan fingerprint density at radius 2 is 2.07 bits per heavy atom. The lowest BCUT2D eigenvalue weighted by Crippen LogP contribution is -2.47. The molecule has 2 rings (SSSR count). The number of hydroxylamine groups is 2. The number of rotatable bonds is 1. The molecule has 0 aromatic heterocycles.